The van der Waals surface area contributed by atoms with E-state index in [2.05, 4.69) is 4.98 Å². The Hall–Kier alpha value is -3.54. The number of aromatic amines is 1. The molecule has 6 heteroatoms. The fraction of sp³-hybridized carbons (Fsp3) is 0.217. The third-order valence-electron chi connectivity index (χ3n) is 5.02. The lowest BCUT2D eigenvalue weighted by Crippen LogP contribution is -2.25. The second-order valence-electron chi connectivity index (χ2n) is 6.97. The lowest BCUT2D eigenvalue weighted by molar-refractivity contribution is -0.145. The molecule has 0 bridgehead atoms. The maximum Gasteiger partial charge on any atom is 0.311 e. The number of benzene rings is 2. The van der Waals surface area contributed by atoms with E-state index in [1.54, 1.807) is 26.2 Å². The molecule has 4 aromatic rings. The molecule has 0 aliphatic carbocycles. The van der Waals surface area contributed by atoms with E-state index in [0.717, 1.165) is 22.0 Å². The van der Waals surface area contributed by atoms with E-state index in [1.807, 2.05) is 37.3 Å². The molecule has 2 aromatic heterocycles. The Balaban J connectivity index is 1.49. The van der Waals surface area contributed by atoms with Crippen molar-refractivity contribution in [3.8, 4) is 5.75 Å². The number of esters is 1. The number of hydrogen-bond donors (Lipinski definition) is 1. The molecule has 2 aromatic carbocycles. The van der Waals surface area contributed by atoms with Crippen LogP contribution in [0.25, 0.3) is 21.9 Å². The Labute approximate surface area is 167 Å². The first-order chi connectivity index (χ1) is 14.0. The molecule has 29 heavy (non-hydrogen) atoms. The number of para-hydroxylation sites is 1. The van der Waals surface area contributed by atoms with Crippen molar-refractivity contribution in [1.29, 1.82) is 0 Å². The zero-order valence-corrected chi connectivity index (χ0v) is 16.4. The van der Waals surface area contributed by atoms with Crippen molar-refractivity contribution in [2.45, 2.75) is 26.4 Å². The van der Waals surface area contributed by atoms with Gasteiger partial charge in [0.25, 0.3) is 0 Å². The number of methoxy groups -OCH3 is 1. The number of ketones is 1. The summed E-state index contributed by atoms with van der Waals surface area (Å²) in [5.74, 6) is -0.0359. The number of ether oxygens (including phenoxy) is 2. The van der Waals surface area contributed by atoms with Crippen LogP contribution < -0.4 is 4.74 Å². The maximum absolute atomic E-state index is 12.9. The molecular formula is C23H21NO5. The van der Waals surface area contributed by atoms with Gasteiger partial charge in [0.15, 0.2) is 6.10 Å². The van der Waals surface area contributed by atoms with Crippen molar-refractivity contribution >= 4 is 33.6 Å². The molecule has 0 amide bonds. The van der Waals surface area contributed by atoms with Crippen LogP contribution in [0, 0.1) is 6.92 Å². The highest BCUT2D eigenvalue weighted by Crippen LogP contribution is 2.27. The quantitative estimate of drug-likeness (QED) is 0.384. The predicted molar refractivity (Wildman–Crippen MR) is 109 cm³/mol. The van der Waals surface area contributed by atoms with Gasteiger partial charge in [-0.05, 0) is 32.0 Å². The summed E-state index contributed by atoms with van der Waals surface area (Å²) in [5.41, 5.74) is 3.53. The van der Waals surface area contributed by atoms with Gasteiger partial charge in [0.2, 0.25) is 5.78 Å². The van der Waals surface area contributed by atoms with Gasteiger partial charge in [0.05, 0.1) is 19.8 Å². The van der Waals surface area contributed by atoms with Gasteiger partial charge in [-0.3, -0.25) is 9.59 Å². The van der Waals surface area contributed by atoms with E-state index in [4.69, 9.17) is 13.9 Å². The van der Waals surface area contributed by atoms with Gasteiger partial charge in [-0.15, -0.1) is 0 Å². The van der Waals surface area contributed by atoms with E-state index < -0.39 is 12.1 Å². The van der Waals surface area contributed by atoms with Gasteiger partial charge in [-0.1, -0.05) is 18.2 Å². The highest BCUT2D eigenvalue weighted by atomic mass is 16.5. The standard InChI is InChI=1S/C23H21NO5/c1-13-22(18-6-4-5-7-19(18)24-13)23(26)14(2)29-21(25)10-15-12-28-20-11-16(27-3)8-9-17(15)20/h4-9,11-12,14,24H,10H2,1-3H3/t14-/m0/s1. The number of hydrogen-bond acceptors (Lipinski definition) is 5. The van der Waals surface area contributed by atoms with Crippen LogP contribution in [0.1, 0.15) is 28.5 Å². The monoisotopic (exact) mass is 391 g/mol. The van der Waals surface area contributed by atoms with Crippen molar-refractivity contribution in [3.63, 3.8) is 0 Å². The number of H-pyrrole nitrogens is 1. The Morgan fingerprint density at radius 2 is 1.93 bits per heavy atom. The molecule has 0 aliphatic rings. The number of fused-ring (bicyclic) bond motifs is 2. The summed E-state index contributed by atoms with van der Waals surface area (Å²) in [6, 6.07) is 13.0. The maximum atomic E-state index is 12.9. The van der Waals surface area contributed by atoms with Gasteiger partial charge >= 0.3 is 5.97 Å². The largest absolute Gasteiger partial charge is 0.497 e. The van der Waals surface area contributed by atoms with Crippen LogP contribution in [0.3, 0.4) is 0 Å². The molecule has 6 nitrogen and oxygen atoms in total. The van der Waals surface area contributed by atoms with Crippen molar-refractivity contribution in [3.05, 3.63) is 65.5 Å². The lowest BCUT2D eigenvalue weighted by atomic mass is 10.0. The molecule has 148 valence electrons. The number of Topliss-reactive ketones (excluding diaryl/α,β-unsaturated/α-hetero) is 1. The molecule has 2 heterocycles. The molecular weight excluding hydrogens is 370 g/mol. The highest BCUT2D eigenvalue weighted by molar-refractivity contribution is 6.11. The van der Waals surface area contributed by atoms with Crippen molar-refractivity contribution < 1.29 is 23.5 Å². The Morgan fingerprint density at radius 3 is 2.72 bits per heavy atom. The SMILES string of the molecule is COc1ccc2c(CC(=O)O[C@@H](C)C(=O)c3c(C)[nH]c4ccccc34)coc2c1. The van der Waals surface area contributed by atoms with Crippen LogP contribution in [-0.4, -0.2) is 30.0 Å². The first-order valence-corrected chi connectivity index (χ1v) is 9.33. The average molecular weight is 391 g/mol. The minimum Gasteiger partial charge on any atom is -0.497 e. The van der Waals surface area contributed by atoms with Gasteiger partial charge in [-0.2, -0.15) is 0 Å². The number of furan rings is 1. The molecule has 4 rings (SSSR count). The van der Waals surface area contributed by atoms with E-state index >= 15 is 0 Å². The smallest absolute Gasteiger partial charge is 0.311 e. The summed E-state index contributed by atoms with van der Waals surface area (Å²) in [6.45, 7) is 3.44. The molecule has 0 saturated carbocycles. The second kappa shape index (κ2) is 7.47. The van der Waals surface area contributed by atoms with Crippen LogP contribution in [0.5, 0.6) is 5.75 Å². The number of rotatable bonds is 6. The highest BCUT2D eigenvalue weighted by Gasteiger charge is 2.25. The average Bonchev–Trinajstić information content (AvgIpc) is 3.26. The first-order valence-electron chi connectivity index (χ1n) is 9.33. The van der Waals surface area contributed by atoms with Gasteiger partial charge in [0, 0.05) is 39.2 Å². The van der Waals surface area contributed by atoms with Crippen molar-refractivity contribution in [1.82, 2.24) is 4.98 Å². The summed E-state index contributed by atoms with van der Waals surface area (Å²) in [4.78, 5) is 28.6. The Morgan fingerprint density at radius 1 is 1.14 bits per heavy atom. The number of carbonyl (C=O) groups is 2. The summed E-state index contributed by atoms with van der Waals surface area (Å²) >= 11 is 0. The van der Waals surface area contributed by atoms with E-state index in [1.165, 1.54) is 6.26 Å². The van der Waals surface area contributed by atoms with Crippen LogP contribution in [0.2, 0.25) is 0 Å². The lowest BCUT2D eigenvalue weighted by Gasteiger charge is -2.12. The summed E-state index contributed by atoms with van der Waals surface area (Å²) < 4.78 is 16.1. The summed E-state index contributed by atoms with van der Waals surface area (Å²) in [7, 11) is 1.58. The molecule has 0 saturated heterocycles. The first kappa shape index (κ1) is 18.8. The van der Waals surface area contributed by atoms with Crippen molar-refractivity contribution in [2.75, 3.05) is 7.11 Å². The molecule has 0 spiro atoms. The number of carbonyl (C=O) groups excluding carboxylic acids is 2. The topological polar surface area (TPSA) is 81.5 Å². The fourth-order valence-electron chi connectivity index (χ4n) is 3.57. The number of aromatic nitrogens is 1. The normalized spacial score (nSPS) is 12.2. The zero-order chi connectivity index (χ0) is 20.5. The minimum absolute atomic E-state index is 0.0177. The molecule has 1 N–H and O–H groups in total. The number of aryl methyl sites for hydroxylation is 1. The third kappa shape index (κ3) is 3.49. The number of nitrogens with one attached hydrogen (secondary N) is 1. The molecule has 0 unspecified atom stereocenters. The minimum atomic E-state index is -0.890. The van der Waals surface area contributed by atoms with Crippen LogP contribution >= 0.6 is 0 Å². The summed E-state index contributed by atoms with van der Waals surface area (Å²) in [5, 5.41) is 1.64. The molecule has 1 atom stereocenters. The molecule has 0 aliphatic heterocycles. The van der Waals surface area contributed by atoms with E-state index in [0.29, 0.717) is 22.5 Å². The van der Waals surface area contributed by atoms with Gasteiger partial charge in [-0.25, -0.2) is 0 Å². The van der Waals surface area contributed by atoms with E-state index in [9.17, 15) is 9.59 Å². The Bertz CT molecular complexity index is 1220. The van der Waals surface area contributed by atoms with Crippen LogP contribution in [0.15, 0.2) is 53.1 Å². The summed E-state index contributed by atoms with van der Waals surface area (Å²) in [6.07, 6.45) is 0.657. The fourth-order valence-corrected chi connectivity index (χ4v) is 3.57. The molecule has 0 radical (unpaired) electrons. The Kier molecular flexibility index (Phi) is 4.84. The zero-order valence-electron chi connectivity index (χ0n) is 16.4. The molecule has 0 fully saturated rings. The predicted octanol–water partition coefficient (Wildman–Crippen LogP) is 4.59. The van der Waals surface area contributed by atoms with Crippen molar-refractivity contribution in [2.24, 2.45) is 0 Å². The van der Waals surface area contributed by atoms with Crippen LogP contribution in [-0.2, 0) is 16.0 Å². The van der Waals surface area contributed by atoms with E-state index in [-0.39, 0.29) is 12.2 Å². The van der Waals surface area contributed by atoms with Gasteiger partial charge in [0.1, 0.15) is 11.3 Å². The second-order valence-corrected chi connectivity index (χ2v) is 6.97. The van der Waals surface area contributed by atoms with Crippen LogP contribution in [0.4, 0.5) is 0 Å². The van der Waals surface area contributed by atoms with Gasteiger partial charge < -0.3 is 18.9 Å². The third-order valence-corrected chi connectivity index (χ3v) is 5.02.